The molecule has 1 aromatic carbocycles. The highest BCUT2D eigenvalue weighted by Crippen LogP contribution is 2.15. The third kappa shape index (κ3) is 2.85. The van der Waals surface area contributed by atoms with Crippen LogP contribution in [0.5, 0.6) is 0 Å². The minimum absolute atomic E-state index is 0.154. The molecular formula is C20H17FO3. The van der Waals surface area contributed by atoms with Gasteiger partial charge in [-0.1, -0.05) is 42.5 Å². The molecule has 2 aromatic rings. The van der Waals surface area contributed by atoms with Gasteiger partial charge >= 0.3 is 5.63 Å². The standard InChI is InChI=1S/C20H17FO3/c21-14-7-5-13(6-8-14)12-23-15-9-10-17-16-3-1-2-4-18(16)20(22)24-19(17)11-15/h1-7,10-11,14-15H,8-9,12H2. The molecule has 2 atom stereocenters. The van der Waals surface area contributed by atoms with E-state index in [2.05, 4.69) is 0 Å². The van der Waals surface area contributed by atoms with Crippen LogP contribution in [-0.2, 0) is 4.74 Å². The topological polar surface area (TPSA) is 39.4 Å². The van der Waals surface area contributed by atoms with Crippen molar-refractivity contribution in [1.82, 2.24) is 0 Å². The molecule has 122 valence electrons. The van der Waals surface area contributed by atoms with Crippen molar-refractivity contribution in [2.24, 2.45) is 0 Å². The molecule has 0 N–H and O–H groups in total. The second-order valence-corrected chi connectivity index (χ2v) is 6.06. The van der Waals surface area contributed by atoms with Gasteiger partial charge in [-0.25, -0.2) is 9.18 Å². The summed E-state index contributed by atoms with van der Waals surface area (Å²) >= 11 is 0. The van der Waals surface area contributed by atoms with Gasteiger partial charge in [0.1, 0.15) is 11.6 Å². The number of halogens is 1. The van der Waals surface area contributed by atoms with Gasteiger partial charge in [-0.2, -0.15) is 0 Å². The first-order chi connectivity index (χ1) is 11.7. The molecule has 0 spiro atoms. The van der Waals surface area contributed by atoms with Gasteiger partial charge in [-0.05, 0) is 29.5 Å². The van der Waals surface area contributed by atoms with Crippen molar-refractivity contribution < 1.29 is 13.5 Å². The van der Waals surface area contributed by atoms with Crippen molar-refractivity contribution in [3.05, 3.63) is 69.1 Å². The maximum Gasteiger partial charge on any atom is 0.344 e. The molecule has 0 radical (unpaired) electrons. The molecule has 0 saturated heterocycles. The molecule has 24 heavy (non-hydrogen) atoms. The van der Waals surface area contributed by atoms with E-state index in [1.165, 1.54) is 0 Å². The summed E-state index contributed by atoms with van der Waals surface area (Å²) in [6.07, 6.45) is 9.16. The maximum absolute atomic E-state index is 13.1. The van der Waals surface area contributed by atoms with Crippen LogP contribution in [0.4, 0.5) is 4.39 Å². The zero-order valence-corrected chi connectivity index (χ0v) is 13.1. The lowest BCUT2D eigenvalue weighted by Gasteiger charge is -2.17. The Bertz CT molecular complexity index is 1010. The molecule has 0 saturated carbocycles. The Morgan fingerprint density at radius 1 is 1.17 bits per heavy atom. The first kappa shape index (κ1) is 15.1. The fraction of sp³-hybridized carbons (Fsp3) is 0.250. The van der Waals surface area contributed by atoms with E-state index in [1.807, 2.05) is 36.4 Å². The summed E-state index contributed by atoms with van der Waals surface area (Å²) in [6, 6.07) is 7.45. The first-order valence-electron chi connectivity index (χ1n) is 8.07. The molecule has 1 aromatic heterocycles. The van der Waals surface area contributed by atoms with Crippen LogP contribution in [-0.4, -0.2) is 18.9 Å². The molecule has 2 aliphatic rings. The van der Waals surface area contributed by atoms with Crippen molar-refractivity contribution in [1.29, 1.82) is 0 Å². The van der Waals surface area contributed by atoms with E-state index in [0.29, 0.717) is 30.3 Å². The molecule has 3 nitrogen and oxygen atoms in total. The SMILES string of the molecule is O=c1oc2c(c3ccccc13)=CCC(OCC1=CCC(F)C=C1)C=2. The molecular weight excluding hydrogens is 307 g/mol. The van der Waals surface area contributed by atoms with Crippen molar-refractivity contribution in [2.75, 3.05) is 6.61 Å². The highest BCUT2D eigenvalue weighted by atomic mass is 19.1. The van der Waals surface area contributed by atoms with E-state index in [1.54, 1.807) is 18.2 Å². The van der Waals surface area contributed by atoms with Crippen LogP contribution in [0.25, 0.3) is 22.9 Å². The summed E-state index contributed by atoms with van der Waals surface area (Å²) in [5.74, 6) is 0. The Labute approximate surface area is 138 Å². The number of fused-ring (bicyclic) bond motifs is 3. The lowest BCUT2D eigenvalue weighted by Crippen LogP contribution is -2.35. The highest BCUT2D eigenvalue weighted by molar-refractivity contribution is 5.82. The third-order valence-corrected chi connectivity index (χ3v) is 4.39. The van der Waals surface area contributed by atoms with E-state index in [-0.39, 0.29) is 11.7 Å². The molecule has 4 rings (SSSR count). The van der Waals surface area contributed by atoms with Crippen LogP contribution in [0, 0.1) is 0 Å². The fourth-order valence-corrected chi connectivity index (χ4v) is 3.11. The second kappa shape index (κ2) is 6.21. The van der Waals surface area contributed by atoms with Gasteiger partial charge in [0.15, 0.2) is 0 Å². The highest BCUT2D eigenvalue weighted by Gasteiger charge is 2.14. The fourth-order valence-electron chi connectivity index (χ4n) is 3.11. The van der Waals surface area contributed by atoms with E-state index in [4.69, 9.17) is 9.15 Å². The molecule has 0 amide bonds. The number of allylic oxidation sites excluding steroid dienone is 2. The molecule has 2 unspecified atom stereocenters. The van der Waals surface area contributed by atoms with Crippen molar-refractivity contribution in [3.8, 4) is 0 Å². The van der Waals surface area contributed by atoms with Crippen LogP contribution >= 0.6 is 0 Å². The third-order valence-electron chi connectivity index (χ3n) is 4.39. The number of ether oxygens (including phenoxy) is 1. The van der Waals surface area contributed by atoms with Crippen molar-refractivity contribution >= 4 is 22.9 Å². The van der Waals surface area contributed by atoms with Gasteiger partial charge in [-0.15, -0.1) is 0 Å². The van der Waals surface area contributed by atoms with Crippen molar-refractivity contribution in [3.63, 3.8) is 0 Å². The smallest absolute Gasteiger partial charge is 0.344 e. The Balaban J connectivity index is 1.61. The predicted molar refractivity (Wildman–Crippen MR) is 91.8 cm³/mol. The summed E-state index contributed by atoms with van der Waals surface area (Å²) in [5.41, 5.74) is 1.21. The molecule has 2 aliphatic carbocycles. The zero-order chi connectivity index (χ0) is 16.5. The zero-order valence-electron chi connectivity index (χ0n) is 13.1. The number of alkyl halides is 1. The van der Waals surface area contributed by atoms with Gasteiger partial charge in [0.05, 0.1) is 18.1 Å². The Kier molecular flexibility index (Phi) is 3.90. The Morgan fingerprint density at radius 3 is 2.79 bits per heavy atom. The van der Waals surface area contributed by atoms with Crippen LogP contribution < -0.4 is 16.3 Å². The van der Waals surface area contributed by atoms with Crippen LogP contribution in [0.2, 0.25) is 0 Å². The minimum atomic E-state index is -0.891. The molecule has 0 fully saturated rings. The van der Waals surface area contributed by atoms with Crippen LogP contribution in [0.15, 0.2) is 57.3 Å². The van der Waals surface area contributed by atoms with Crippen molar-refractivity contribution in [2.45, 2.75) is 25.1 Å². The lowest BCUT2D eigenvalue weighted by molar-refractivity contribution is 0.118. The van der Waals surface area contributed by atoms with E-state index in [0.717, 1.165) is 16.2 Å². The molecule has 0 bridgehead atoms. The van der Waals surface area contributed by atoms with Gasteiger partial charge in [-0.3, -0.25) is 0 Å². The van der Waals surface area contributed by atoms with Gasteiger partial charge in [0, 0.05) is 11.6 Å². The van der Waals surface area contributed by atoms with E-state index < -0.39 is 6.17 Å². The Morgan fingerprint density at radius 2 is 2.00 bits per heavy atom. The normalized spacial score (nSPS) is 22.5. The minimum Gasteiger partial charge on any atom is -0.423 e. The number of rotatable bonds is 3. The average molecular weight is 324 g/mol. The lowest BCUT2D eigenvalue weighted by atomic mass is 10.0. The number of benzene rings is 1. The predicted octanol–water partition coefficient (Wildman–Crippen LogP) is 2.37. The summed E-state index contributed by atoms with van der Waals surface area (Å²) in [7, 11) is 0. The Hall–Kier alpha value is -2.46. The monoisotopic (exact) mass is 324 g/mol. The summed E-state index contributed by atoms with van der Waals surface area (Å²) < 4.78 is 24.4. The van der Waals surface area contributed by atoms with Gasteiger partial charge in [0.25, 0.3) is 0 Å². The average Bonchev–Trinajstić information content (AvgIpc) is 2.61. The maximum atomic E-state index is 13.1. The van der Waals surface area contributed by atoms with Crippen LogP contribution in [0.1, 0.15) is 12.8 Å². The second-order valence-electron chi connectivity index (χ2n) is 6.06. The van der Waals surface area contributed by atoms with Gasteiger partial charge < -0.3 is 9.15 Å². The van der Waals surface area contributed by atoms with Crippen LogP contribution in [0.3, 0.4) is 0 Å². The summed E-state index contributed by atoms with van der Waals surface area (Å²) in [6.45, 7) is 0.422. The van der Waals surface area contributed by atoms with E-state index in [9.17, 15) is 9.18 Å². The van der Waals surface area contributed by atoms with Gasteiger partial charge in [0.2, 0.25) is 0 Å². The summed E-state index contributed by atoms with van der Waals surface area (Å²) in [5, 5.41) is 2.45. The largest absolute Gasteiger partial charge is 0.423 e. The number of hydrogen-bond acceptors (Lipinski definition) is 3. The summed E-state index contributed by atoms with van der Waals surface area (Å²) in [4.78, 5) is 12.1. The molecule has 0 aliphatic heterocycles. The van der Waals surface area contributed by atoms with E-state index >= 15 is 0 Å². The number of hydrogen-bond donors (Lipinski definition) is 0. The first-order valence-corrected chi connectivity index (χ1v) is 8.07. The molecule has 1 heterocycles. The molecule has 4 heteroatoms. The quantitative estimate of drug-likeness (QED) is 0.870.